The molecule has 8 nitrogen and oxygen atoms in total. The number of pyridine rings is 1. The second kappa shape index (κ2) is 7.25. The van der Waals surface area contributed by atoms with Crippen LogP contribution in [0.3, 0.4) is 0 Å². The third-order valence-electron chi connectivity index (χ3n) is 6.56. The molecule has 3 heterocycles. The number of amides is 1. The maximum atomic E-state index is 12.0. The highest BCUT2D eigenvalue weighted by Crippen LogP contribution is 2.41. The number of fused-ring (bicyclic) bond motifs is 3. The standard InChI is InChI=1S/C25H22N6O2/c26-22(32)23-30-29-20-14-33-24-19(31(20)23)13-18(15-5-2-1-3-6-15)21(28-24)16-7-9-17(10-8-16)25(27)11-4-12-25/h1-3,5-10,13H,4,11-12,14,27H2,(H2,26,32). The first kappa shape index (κ1) is 19.6. The summed E-state index contributed by atoms with van der Waals surface area (Å²) in [6.07, 6.45) is 3.19. The molecule has 0 atom stereocenters. The molecule has 2 aliphatic rings. The van der Waals surface area contributed by atoms with Crippen LogP contribution in [0, 0.1) is 0 Å². The van der Waals surface area contributed by atoms with Crippen LogP contribution >= 0.6 is 0 Å². The van der Waals surface area contributed by atoms with Gasteiger partial charge in [0.2, 0.25) is 11.7 Å². The maximum absolute atomic E-state index is 12.0. The van der Waals surface area contributed by atoms with Gasteiger partial charge in [-0.05, 0) is 36.5 Å². The van der Waals surface area contributed by atoms with Crippen molar-refractivity contribution in [2.75, 3.05) is 0 Å². The fourth-order valence-corrected chi connectivity index (χ4v) is 4.57. The van der Waals surface area contributed by atoms with Crippen LogP contribution in [-0.2, 0) is 12.1 Å². The van der Waals surface area contributed by atoms with E-state index >= 15 is 0 Å². The first-order valence-electron chi connectivity index (χ1n) is 10.9. The molecule has 0 unspecified atom stereocenters. The van der Waals surface area contributed by atoms with Crippen molar-refractivity contribution in [3.05, 3.63) is 77.9 Å². The van der Waals surface area contributed by atoms with E-state index in [1.807, 2.05) is 36.4 Å². The number of carbonyl (C=O) groups is 1. The van der Waals surface area contributed by atoms with Gasteiger partial charge >= 0.3 is 0 Å². The van der Waals surface area contributed by atoms with E-state index in [0.29, 0.717) is 17.4 Å². The fraction of sp³-hybridized carbons (Fsp3) is 0.200. The van der Waals surface area contributed by atoms with Crippen LogP contribution in [-0.4, -0.2) is 25.7 Å². The molecular weight excluding hydrogens is 416 g/mol. The summed E-state index contributed by atoms with van der Waals surface area (Å²) >= 11 is 0. The minimum absolute atomic E-state index is 0.0567. The Morgan fingerprint density at radius 3 is 2.42 bits per heavy atom. The first-order chi connectivity index (χ1) is 16.0. The topological polar surface area (TPSA) is 122 Å². The third-order valence-corrected chi connectivity index (χ3v) is 6.56. The van der Waals surface area contributed by atoms with Gasteiger partial charge in [0, 0.05) is 16.7 Å². The predicted molar refractivity (Wildman–Crippen MR) is 123 cm³/mol. The van der Waals surface area contributed by atoms with Crippen molar-refractivity contribution >= 4 is 5.91 Å². The maximum Gasteiger partial charge on any atom is 0.287 e. The van der Waals surface area contributed by atoms with Crippen LogP contribution in [0.15, 0.2) is 60.7 Å². The van der Waals surface area contributed by atoms with E-state index in [9.17, 15) is 4.79 Å². The van der Waals surface area contributed by atoms with Gasteiger partial charge in [-0.15, -0.1) is 10.2 Å². The smallest absolute Gasteiger partial charge is 0.287 e. The van der Waals surface area contributed by atoms with E-state index in [-0.39, 0.29) is 18.0 Å². The molecule has 0 spiro atoms. The Bertz CT molecular complexity index is 1370. The predicted octanol–water partition coefficient (Wildman–Crippen LogP) is 3.33. The molecule has 1 fully saturated rings. The van der Waals surface area contributed by atoms with Gasteiger partial charge < -0.3 is 16.2 Å². The molecule has 1 saturated carbocycles. The number of benzene rings is 2. The Morgan fingerprint density at radius 2 is 1.76 bits per heavy atom. The van der Waals surface area contributed by atoms with Crippen LogP contribution in [0.25, 0.3) is 28.1 Å². The van der Waals surface area contributed by atoms with Gasteiger partial charge in [-0.3, -0.25) is 9.36 Å². The number of carbonyl (C=O) groups excluding carboxylic acids is 1. The lowest BCUT2D eigenvalue weighted by molar-refractivity contribution is 0.0987. The number of nitrogens with zero attached hydrogens (tertiary/aromatic N) is 4. The average Bonchev–Trinajstić information content (AvgIpc) is 3.27. The minimum atomic E-state index is -0.658. The highest BCUT2D eigenvalue weighted by atomic mass is 16.5. The Morgan fingerprint density at radius 1 is 1.00 bits per heavy atom. The van der Waals surface area contributed by atoms with Crippen LogP contribution in [0.4, 0.5) is 0 Å². The molecule has 164 valence electrons. The lowest BCUT2D eigenvalue weighted by Crippen LogP contribution is -2.43. The number of rotatable bonds is 4. The first-order valence-corrected chi connectivity index (χ1v) is 10.9. The van der Waals surface area contributed by atoms with Gasteiger partial charge in [-0.2, -0.15) is 0 Å². The zero-order valence-corrected chi connectivity index (χ0v) is 17.9. The van der Waals surface area contributed by atoms with Crippen molar-refractivity contribution in [2.24, 2.45) is 11.5 Å². The molecule has 8 heteroatoms. The van der Waals surface area contributed by atoms with E-state index in [1.54, 1.807) is 4.57 Å². The van der Waals surface area contributed by atoms with Gasteiger partial charge in [-0.25, -0.2) is 4.98 Å². The van der Waals surface area contributed by atoms with E-state index in [0.717, 1.165) is 40.8 Å². The zero-order valence-electron chi connectivity index (χ0n) is 17.9. The van der Waals surface area contributed by atoms with Crippen LogP contribution in [0.5, 0.6) is 5.88 Å². The van der Waals surface area contributed by atoms with Crippen molar-refractivity contribution < 1.29 is 9.53 Å². The highest BCUT2D eigenvalue weighted by Gasteiger charge is 2.34. The van der Waals surface area contributed by atoms with E-state index in [4.69, 9.17) is 21.2 Å². The second-order valence-electron chi connectivity index (χ2n) is 8.59. The van der Waals surface area contributed by atoms with Crippen LogP contribution in [0.2, 0.25) is 0 Å². The summed E-state index contributed by atoms with van der Waals surface area (Å²) < 4.78 is 7.52. The fourth-order valence-electron chi connectivity index (χ4n) is 4.57. The molecule has 2 aromatic carbocycles. The van der Waals surface area contributed by atoms with Gasteiger partial charge in [0.05, 0.1) is 5.69 Å². The molecule has 0 bridgehead atoms. The highest BCUT2D eigenvalue weighted by molar-refractivity contribution is 5.90. The van der Waals surface area contributed by atoms with E-state index in [1.165, 1.54) is 6.42 Å². The summed E-state index contributed by atoms with van der Waals surface area (Å²) in [5, 5.41) is 8.00. The third kappa shape index (κ3) is 3.10. The van der Waals surface area contributed by atoms with Crippen molar-refractivity contribution in [1.82, 2.24) is 19.7 Å². The van der Waals surface area contributed by atoms with Gasteiger partial charge in [-0.1, -0.05) is 54.6 Å². The summed E-state index contributed by atoms with van der Waals surface area (Å²) in [5.74, 6) is 0.302. The molecule has 1 aliphatic carbocycles. The van der Waals surface area contributed by atoms with E-state index in [2.05, 4.69) is 34.5 Å². The molecule has 2 aromatic heterocycles. The molecule has 4 N–H and O–H groups in total. The Labute approximate surface area is 190 Å². The molecule has 1 aliphatic heterocycles. The number of hydrogen-bond acceptors (Lipinski definition) is 6. The lowest BCUT2D eigenvalue weighted by Gasteiger charge is -2.38. The number of primary amides is 1. The quantitative estimate of drug-likeness (QED) is 0.504. The number of ether oxygens (including phenoxy) is 1. The van der Waals surface area contributed by atoms with Crippen molar-refractivity contribution in [3.8, 4) is 34.0 Å². The SMILES string of the molecule is NC(=O)c1nnc2n1-c1cc(-c3ccccc3)c(-c3ccc(C4(N)CCC4)cc3)nc1OC2. The summed E-state index contributed by atoms with van der Waals surface area (Å²) in [7, 11) is 0. The number of aromatic nitrogens is 4. The average molecular weight is 438 g/mol. The lowest BCUT2D eigenvalue weighted by atomic mass is 9.72. The number of hydrogen-bond donors (Lipinski definition) is 2. The normalized spacial score (nSPS) is 15.7. The monoisotopic (exact) mass is 438 g/mol. The molecular formula is C25H22N6O2. The van der Waals surface area contributed by atoms with Gasteiger partial charge in [0.15, 0.2) is 12.4 Å². The summed E-state index contributed by atoms with van der Waals surface area (Å²) in [4.78, 5) is 16.8. The van der Waals surface area contributed by atoms with Crippen molar-refractivity contribution in [3.63, 3.8) is 0 Å². The summed E-state index contributed by atoms with van der Waals surface area (Å²) in [6, 6.07) is 20.2. The minimum Gasteiger partial charge on any atom is -0.468 e. The molecule has 4 aromatic rings. The second-order valence-corrected chi connectivity index (χ2v) is 8.59. The largest absolute Gasteiger partial charge is 0.468 e. The van der Waals surface area contributed by atoms with Crippen LogP contribution < -0.4 is 16.2 Å². The molecule has 6 rings (SSSR count). The van der Waals surface area contributed by atoms with Gasteiger partial charge in [0.1, 0.15) is 5.69 Å². The molecule has 0 radical (unpaired) electrons. The van der Waals surface area contributed by atoms with Crippen molar-refractivity contribution in [1.29, 1.82) is 0 Å². The van der Waals surface area contributed by atoms with Crippen LogP contribution in [0.1, 0.15) is 41.3 Å². The molecule has 33 heavy (non-hydrogen) atoms. The Balaban J connectivity index is 1.53. The molecule has 1 amide bonds. The van der Waals surface area contributed by atoms with Gasteiger partial charge in [0.25, 0.3) is 5.91 Å². The van der Waals surface area contributed by atoms with E-state index < -0.39 is 5.91 Å². The Hall–Kier alpha value is -4.04. The number of nitrogens with two attached hydrogens (primary N) is 2. The summed E-state index contributed by atoms with van der Waals surface area (Å²) in [5.41, 5.74) is 17.2. The van der Waals surface area contributed by atoms with Crippen molar-refractivity contribution in [2.45, 2.75) is 31.4 Å². The molecule has 0 saturated heterocycles. The zero-order chi connectivity index (χ0) is 22.6. The summed E-state index contributed by atoms with van der Waals surface area (Å²) in [6.45, 7) is 0.152. The Kier molecular flexibility index (Phi) is 4.31.